The molecule has 8 nitrogen and oxygen atoms in total. The van der Waals surface area contributed by atoms with Gasteiger partial charge < -0.3 is 14.5 Å². The number of aromatic amines is 1. The van der Waals surface area contributed by atoms with Crippen LogP contribution in [0.4, 0.5) is 0 Å². The predicted molar refractivity (Wildman–Crippen MR) is 108 cm³/mol. The van der Waals surface area contributed by atoms with Gasteiger partial charge in [-0.3, -0.25) is 4.79 Å². The maximum atomic E-state index is 13.5. The van der Waals surface area contributed by atoms with E-state index in [2.05, 4.69) is 9.97 Å². The van der Waals surface area contributed by atoms with E-state index in [0.29, 0.717) is 57.9 Å². The third-order valence-electron chi connectivity index (χ3n) is 5.28. The number of benzene rings is 1. The van der Waals surface area contributed by atoms with Crippen LogP contribution in [0.2, 0.25) is 0 Å². The van der Waals surface area contributed by atoms with Gasteiger partial charge in [-0.25, -0.2) is 13.4 Å². The lowest BCUT2D eigenvalue weighted by Crippen LogP contribution is -2.30. The summed E-state index contributed by atoms with van der Waals surface area (Å²) in [7, 11) is -0.827. The van der Waals surface area contributed by atoms with E-state index in [-0.39, 0.29) is 10.7 Å². The molecule has 29 heavy (non-hydrogen) atoms. The Labute approximate surface area is 168 Å². The third kappa shape index (κ3) is 2.57. The summed E-state index contributed by atoms with van der Waals surface area (Å²) in [5.74, 6) is 0.443. The van der Waals surface area contributed by atoms with Crippen LogP contribution in [-0.4, -0.2) is 55.8 Å². The Morgan fingerprint density at radius 1 is 1.07 bits per heavy atom. The van der Waals surface area contributed by atoms with Crippen molar-refractivity contribution in [2.24, 2.45) is 0 Å². The average Bonchev–Trinajstić information content (AvgIpc) is 3.28. The molecule has 0 saturated heterocycles. The fraction of sp³-hybridized carbons (Fsp3) is 0.300. The minimum Gasteiger partial charge on any atom is -0.493 e. The SMILES string of the molecule is CCN(CC)S(=O)(=O)c1c[nH]c2ncc3c(c12)C(=O)c1c-3ccc(OC)c1OC. The number of ketones is 1. The summed E-state index contributed by atoms with van der Waals surface area (Å²) < 4.78 is 38.5. The first-order chi connectivity index (χ1) is 13.9. The van der Waals surface area contributed by atoms with Gasteiger partial charge in [0.15, 0.2) is 17.3 Å². The molecule has 2 heterocycles. The lowest BCUT2D eigenvalue weighted by Gasteiger charge is -2.18. The highest BCUT2D eigenvalue weighted by Gasteiger charge is 2.37. The highest BCUT2D eigenvalue weighted by molar-refractivity contribution is 7.89. The summed E-state index contributed by atoms with van der Waals surface area (Å²) in [6.45, 7) is 4.20. The van der Waals surface area contributed by atoms with Gasteiger partial charge in [0.25, 0.3) is 0 Å². The number of hydrogen-bond donors (Lipinski definition) is 1. The van der Waals surface area contributed by atoms with Gasteiger partial charge in [0.05, 0.1) is 25.2 Å². The minimum absolute atomic E-state index is 0.0487. The predicted octanol–water partition coefficient (Wildman–Crippen LogP) is 2.82. The topological polar surface area (TPSA) is 102 Å². The second-order valence-corrected chi connectivity index (χ2v) is 8.47. The molecule has 4 rings (SSSR count). The van der Waals surface area contributed by atoms with Crippen molar-refractivity contribution < 1.29 is 22.7 Å². The first-order valence-corrected chi connectivity index (χ1v) is 10.6. The number of pyridine rings is 1. The Hall–Kier alpha value is -2.91. The monoisotopic (exact) mass is 415 g/mol. The number of methoxy groups -OCH3 is 2. The van der Waals surface area contributed by atoms with Crippen molar-refractivity contribution in [3.8, 4) is 22.6 Å². The molecule has 9 heteroatoms. The Morgan fingerprint density at radius 3 is 2.41 bits per heavy atom. The molecule has 0 fully saturated rings. The van der Waals surface area contributed by atoms with Crippen LogP contribution < -0.4 is 9.47 Å². The highest BCUT2D eigenvalue weighted by atomic mass is 32.2. The smallest absolute Gasteiger partial charge is 0.245 e. The van der Waals surface area contributed by atoms with Crippen LogP contribution in [0.25, 0.3) is 22.2 Å². The van der Waals surface area contributed by atoms with Crippen LogP contribution in [0.3, 0.4) is 0 Å². The number of nitrogens with one attached hydrogen (secondary N) is 1. The zero-order chi connectivity index (χ0) is 20.9. The van der Waals surface area contributed by atoms with Crippen LogP contribution in [0, 0.1) is 0 Å². The van der Waals surface area contributed by atoms with Gasteiger partial charge in [-0.05, 0) is 17.7 Å². The number of rotatable bonds is 6. The van der Waals surface area contributed by atoms with Crippen LogP contribution in [0.5, 0.6) is 11.5 Å². The van der Waals surface area contributed by atoms with Crippen molar-refractivity contribution in [2.75, 3.05) is 27.3 Å². The van der Waals surface area contributed by atoms with Crippen molar-refractivity contribution in [1.82, 2.24) is 14.3 Å². The number of nitrogens with zero attached hydrogens (tertiary/aromatic N) is 2. The Kier molecular flexibility index (Phi) is 4.59. The summed E-state index contributed by atoms with van der Waals surface area (Å²) in [5.41, 5.74) is 2.23. The molecule has 1 aromatic carbocycles. The second-order valence-electron chi connectivity index (χ2n) is 6.57. The molecule has 0 bridgehead atoms. The van der Waals surface area contributed by atoms with E-state index in [4.69, 9.17) is 9.47 Å². The van der Waals surface area contributed by atoms with Crippen molar-refractivity contribution >= 4 is 26.8 Å². The molecule has 0 saturated carbocycles. The van der Waals surface area contributed by atoms with Crippen molar-refractivity contribution in [2.45, 2.75) is 18.7 Å². The molecule has 0 radical (unpaired) electrons. The molecule has 152 valence electrons. The van der Waals surface area contributed by atoms with Gasteiger partial charge in [-0.2, -0.15) is 4.31 Å². The first kappa shape index (κ1) is 19.4. The van der Waals surface area contributed by atoms with Crippen LogP contribution >= 0.6 is 0 Å². The molecule has 0 aliphatic heterocycles. The van der Waals surface area contributed by atoms with E-state index in [9.17, 15) is 13.2 Å². The normalized spacial score (nSPS) is 13.1. The highest BCUT2D eigenvalue weighted by Crippen LogP contribution is 2.47. The molecule has 0 unspecified atom stereocenters. The van der Waals surface area contributed by atoms with Gasteiger partial charge in [0, 0.05) is 36.6 Å². The van der Waals surface area contributed by atoms with Crippen molar-refractivity contribution in [1.29, 1.82) is 0 Å². The van der Waals surface area contributed by atoms with E-state index < -0.39 is 10.0 Å². The zero-order valence-electron chi connectivity index (χ0n) is 16.6. The molecule has 1 aliphatic rings. The molecule has 1 N–H and O–H groups in total. The minimum atomic E-state index is -3.79. The van der Waals surface area contributed by atoms with E-state index in [1.54, 1.807) is 32.2 Å². The molecular formula is C20H21N3O5S. The Bertz CT molecular complexity index is 1240. The van der Waals surface area contributed by atoms with E-state index >= 15 is 0 Å². The number of carbonyl (C=O) groups excluding carboxylic acids is 1. The summed E-state index contributed by atoms with van der Waals surface area (Å²) >= 11 is 0. The summed E-state index contributed by atoms with van der Waals surface area (Å²) in [6.07, 6.45) is 2.98. The van der Waals surface area contributed by atoms with Gasteiger partial charge >= 0.3 is 0 Å². The second kappa shape index (κ2) is 6.85. The van der Waals surface area contributed by atoms with Crippen molar-refractivity contribution in [3.05, 3.63) is 35.7 Å². The molecule has 2 aromatic heterocycles. The number of hydrogen-bond acceptors (Lipinski definition) is 6. The number of aromatic nitrogens is 2. The summed E-state index contributed by atoms with van der Waals surface area (Å²) in [4.78, 5) is 20.8. The molecular weight excluding hydrogens is 394 g/mol. The largest absolute Gasteiger partial charge is 0.493 e. The van der Waals surface area contributed by atoms with Crippen LogP contribution in [-0.2, 0) is 10.0 Å². The quantitative estimate of drug-likeness (QED) is 0.520. The molecule has 1 aliphatic carbocycles. The fourth-order valence-electron chi connectivity index (χ4n) is 3.91. The Balaban J connectivity index is 2.04. The number of carbonyl (C=O) groups is 1. The maximum Gasteiger partial charge on any atom is 0.245 e. The number of sulfonamides is 1. The molecule has 3 aromatic rings. The van der Waals surface area contributed by atoms with Crippen molar-refractivity contribution in [3.63, 3.8) is 0 Å². The first-order valence-electron chi connectivity index (χ1n) is 9.20. The van der Waals surface area contributed by atoms with Gasteiger partial charge in [0.2, 0.25) is 10.0 Å². The number of fused-ring (bicyclic) bond motifs is 5. The molecule has 0 spiro atoms. The molecule has 0 amide bonds. The summed E-state index contributed by atoms with van der Waals surface area (Å²) in [5, 5.41) is 0.302. The third-order valence-corrected chi connectivity index (χ3v) is 7.35. The standard InChI is InChI=1S/C20H21N3O5S/c1-5-23(6-2)29(25,26)14-10-22-20-17(14)15-12(9-21-20)11-7-8-13(27-3)19(28-4)16(11)18(15)24/h7-10H,5-6H2,1-4H3,(H,21,22). The lowest BCUT2D eigenvalue weighted by molar-refractivity contribution is 0.104. The van der Waals surface area contributed by atoms with E-state index in [1.165, 1.54) is 24.7 Å². The van der Waals surface area contributed by atoms with Gasteiger partial charge in [0.1, 0.15) is 10.5 Å². The Morgan fingerprint density at radius 2 is 1.79 bits per heavy atom. The van der Waals surface area contributed by atoms with Crippen LogP contribution in [0.1, 0.15) is 29.8 Å². The maximum absolute atomic E-state index is 13.5. The fourth-order valence-corrected chi connectivity index (χ4v) is 5.54. The number of ether oxygens (including phenoxy) is 2. The summed E-state index contributed by atoms with van der Waals surface area (Å²) in [6, 6.07) is 3.48. The average molecular weight is 415 g/mol. The van der Waals surface area contributed by atoms with E-state index in [1.807, 2.05) is 0 Å². The van der Waals surface area contributed by atoms with Gasteiger partial charge in [-0.1, -0.05) is 13.8 Å². The lowest BCUT2D eigenvalue weighted by atomic mass is 10.1. The molecule has 0 atom stereocenters. The number of H-pyrrole nitrogens is 1. The van der Waals surface area contributed by atoms with Crippen LogP contribution in [0.15, 0.2) is 29.4 Å². The van der Waals surface area contributed by atoms with E-state index in [0.717, 1.165) is 0 Å². The van der Waals surface area contributed by atoms with Gasteiger partial charge in [-0.15, -0.1) is 0 Å². The zero-order valence-corrected chi connectivity index (χ0v) is 17.4.